The molecule has 0 aliphatic rings. The van der Waals surface area contributed by atoms with Crippen molar-refractivity contribution in [1.29, 1.82) is 0 Å². The van der Waals surface area contributed by atoms with Crippen LogP contribution >= 0.6 is 0 Å². The van der Waals surface area contributed by atoms with Gasteiger partial charge in [-0.05, 0) is 43.3 Å². The van der Waals surface area contributed by atoms with E-state index < -0.39 is 30.4 Å². The SMILES string of the molecule is CCOC(=O)CN(C(=O)COC(=O)c1ccc(C(N)=O)cc1)c1ccccc1. The normalized spacial score (nSPS) is 10.0. The first-order chi connectivity index (χ1) is 13.4. The van der Waals surface area contributed by atoms with E-state index >= 15 is 0 Å². The van der Waals surface area contributed by atoms with Gasteiger partial charge in [0.15, 0.2) is 6.61 Å². The minimum Gasteiger partial charge on any atom is -0.465 e. The van der Waals surface area contributed by atoms with Gasteiger partial charge in [-0.25, -0.2) is 4.79 Å². The van der Waals surface area contributed by atoms with E-state index in [0.717, 1.165) is 0 Å². The third-order valence-corrected chi connectivity index (χ3v) is 3.69. The van der Waals surface area contributed by atoms with Gasteiger partial charge in [-0.15, -0.1) is 0 Å². The highest BCUT2D eigenvalue weighted by atomic mass is 16.5. The van der Waals surface area contributed by atoms with E-state index in [1.54, 1.807) is 37.3 Å². The van der Waals surface area contributed by atoms with E-state index in [1.807, 2.05) is 0 Å². The number of hydrogen-bond donors (Lipinski definition) is 1. The molecule has 2 amide bonds. The number of anilines is 1. The van der Waals surface area contributed by atoms with Crippen LogP contribution in [-0.2, 0) is 19.1 Å². The number of amides is 2. The molecular formula is C20H20N2O6. The van der Waals surface area contributed by atoms with Gasteiger partial charge >= 0.3 is 11.9 Å². The summed E-state index contributed by atoms with van der Waals surface area (Å²) in [7, 11) is 0. The average molecular weight is 384 g/mol. The Balaban J connectivity index is 2.04. The van der Waals surface area contributed by atoms with Crippen LogP contribution in [0.25, 0.3) is 0 Å². The van der Waals surface area contributed by atoms with E-state index in [0.29, 0.717) is 5.69 Å². The summed E-state index contributed by atoms with van der Waals surface area (Å²) < 4.78 is 9.93. The zero-order valence-corrected chi connectivity index (χ0v) is 15.3. The van der Waals surface area contributed by atoms with Crippen LogP contribution in [0.1, 0.15) is 27.6 Å². The Hall–Kier alpha value is -3.68. The molecule has 2 rings (SSSR count). The van der Waals surface area contributed by atoms with E-state index in [-0.39, 0.29) is 24.3 Å². The summed E-state index contributed by atoms with van der Waals surface area (Å²) in [6.07, 6.45) is 0. The van der Waals surface area contributed by atoms with Gasteiger partial charge in [-0.2, -0.15) is 0 Å². The first-order valence-corrected chi connectivity index (χ1v) is 8.50. The Morgan fingerprint density at radius 1 is 0.893 bits per heavy atom. The minimum atomic E-state index is -0.742. The zero-order valence-electron chi connectivity index (χ0n) is 15.3. The van der Waals surface area contributed by atoms with Crippen LogP contribution in [0.3, 0.4) is 0 Å². The number of ether oxygens (including phenoxy) is 2. The fraction of sp³-hybridized carbons (Fsp3) is 0.200. The lowest BCUT2D eigenvalue weighted by Crippen LogP contribution is -2.39. The number of nitrogens with zero attached hydrogens (tertiary/aromatic N) is 1. The van der Waals surface area contributed by atoms with Gasteiger partial charge in [0, 0.05) is 11.3 Å². The number of rotatable bonds is 8. The number of benzene rings is 2. The molecule has 0 aromatic heterocycles. The van der Waals surface area contributed by atoms with Gasteiger partial charge in [-0.1, -0.05) is 18.2 Å². The molecular weight excluding hydrogens is 364 g/mol. The van der Waals surface area contributed by atoms with Crippen molar-refractivity contribution in [3.63, 3.8) is 0 Å². The summed E-state index contributed by atoms with van der Waals surface area (Å²) in [5.74, 6) is -2.52. The fourth-order valence-electron chi connectivity index (χ4n) is 2.33. The number of primary amides is 1. The summed E-state index contributed by atoms with van der Waals surface area (Å²) in [4.78, 5) is 48.7. The fourth-order valence-corrected chi connectivity index (χ4v) is 2.33. The summed E-state index contributed by atoms with van der Waals surface area (Å²) in [5, 5.41) is 0. The van der Waals surface area contributed by atoms with Crippen molar-refractivity contribution in [2.45, 2.75) is 6.92 Å². The Labute approximate surface area is 161 Å². The van der Waals surface area contributed by atoms with Crippen LogP contribution in [0.15, 0.2) is 54.6 Å². The largest absolute Gasteiger partial charge is 0.465 e. The summed E-state index contributed by atoms with van der Waals surface area (Å²) in [6.45, 7) is 0.982. The summed E-state index contributed by atoms with van der Waals surface area (Å²) >= 11 is 0. The van der Waals surface area contributed by atoms with Gasteiger partial charge in [0.1, 0.15) is 6.54 Å². The van der Waals surface area contributed by atoms with Crippen LogP contribution in [0, 0.1) is 0 Å². The number of carbonyl (C=O) groups excluding carboxylic acids is 4. The molecule has 0 atom stereocenters. The molecule has 0 saturated carbocycles. The van der Waals surface area contributed by atoms with Crippen molar-refractivity contribution in [3.05, 3.63) is 65.7 Å². The highest BCUT2D eigenvalue weighted by Gasteiger charge is 2.21. The molecule has 2 aromatic rings. The number of esters is 2. The predicted octanol–water partition coefficient (Wildman–Crippen LogP) is 1.54. The molecule has 8 nitrogen and oxygen atoms in total. The van der Waals surface area contributed by atoms with Crippen LogP contribution in [-0.4, -0.2) is 43.5 Å². The first-order valence-electron chi connectivity index (χ1n) is 8.50. The predicted molar refractivity (Wildman–Crippen MR) is 101 cm³/mol. The number of nitrogens with two attached hydrogens (primary N) is 1. The Morgan fingerprint density at radius 3 is 2.07 bits per heavy atom. The van der Waals surface area contributed by atoms with Gasteiger partial charge in [0.25, 0.3) is 5.91 Å². The van der Waals surface area contributed by atoms with Crippen LogP contribution in [0.2, 0.25) is 0 Å². The van der Waals surface area contributed by atoms with Crippen LogP contribution in [0.4, 0.5) is 5.69 Å². The second-order valence-corrected chi connectivity index (χ2v) is 5.64. The maximum Gasteiger partial charge on any atom is 0.338 e. The molecule has 28 heavy (non-hydrogen) atoms. The molecule has 0 saturated heterocycles. The van der Waals surface area contributed by atoms with Crippen molar-refractivity contribution in [3.8, 4) is 0 Å². The second kappa shape index (κ2) is 9.86. The molecule has 0 unspecified atom stereocenters. The standard InChI is InChI=1S/C20H20N2O6/c1-2-27-18(24)12-22(16-6-4-3-5-7-16)17(23)13-28-20(26)15-10-8-14(9-11-15)19(21)25/h3-11H,2,12-13H2,1H3,(H2,21,25). The molecule has 0 fully saturated rings. The molecule has 0 spiro atoms. The Kier molecular flexibility index (Phi) is 7.27. The molecule has 0 radical (unpaired) electrons. The van der Waals surface area contributed by atoms with Gasteiger partial charge in [-0.3, -0.25) is 19.3 Å². The lowest BCUT2D eigenvalue weighted by molar-refractivity contribution is -0.142. The highest BCUT2D eigenvalue weighted by Crippen LogP contribution is 2.14. The second-order valence-electron chi connectivity index (χ2n) is 5.64. The minimum absolute atomic E-state index is 0.162. The molecule has 2 aromatic carbocycles. The van der Waals surface area contributed by atoms with E-state index in [4.69, 9.17) is 15.2 Å². The van der Waals surface area contributed by atoms with Gasteiger partial charge < -0.3 is 15.2 Å². The van der Waals surface area contributed by atoms with Crippen LogP contribution in [0.5, 0.6) is 0 Å². The van der Waals surface area contributed by atoms with Crippen molar-refractivity contribution in [2.24, 2.45) is 5.73 Å². The molecule has 0 aliphatic heterocycles. The zero-order chi connectivity index (χ0) is 20.5. The molecule has 2 N–H and O–H groups in total. The molecule has 0 bridgehead atoms. The van der Waals surface area contributed by atoms with Gasteiger partial charge in [0.05, 0.1) is 12.2 Å². The van der Waals surface area contributed by atoms with E-state index in [1.165, 1.54) is 29.2 Å². The smallest absolute Gasteiger partial charge is 0.338 e. The lowest BCUT2D eigenvalue weighted by Gasteiger charge is -2.21. The first kappa shape index (κ1) is 20.6. The molecule has 0 aliphatic carbocycles. The highest BCUT2D eigenvalue weighted by molar-refractivity contribution is 6.00. The van der Waals surface area contributed by atoms with Crippen molar-refractivity contribution >= 4 is 29.4 Å². The quantitative estimate of drug-likeness (QED) is 0.690. The van der Waals surface area contributed by atoms with Crippen molar-refractivity contribution in [2.75, 3.05) is 24.7 Å². The summed E-state index contributed by atoms with van der Waals surface area (Å²) in [6, 6.07) is 14.0. The lowest BCUT2D eigenvalue weighted by atomic mass is 10.1. The van der Waals surface area contributed by atoms with Crippen LogP contribution < -0.4 is 10.6 Å². The number of hydrogen-bond acceptors (Lipinski definition) is 6. The maximum absolute atomic E-state index is 12.5. The monoisotopic (exact) mass is 384 g/mol. The Morgan fingerprint density at radius 2 is 1.50 bits per heavy atom. The number of carbonyl (C=O) groups is 4. The van der Waals surface area contributed by atoms with E-state index in [9.17, 15) is 19.2 Å². The molecule has 0 heterocycles. The topological polar surface area (TPSA) is 116 Å². The number of para-hydroxylation sites is 1. The third kappa shape index (κ3) is 5.66. The molecule has 146 valence electrons. The maximum atomic E-state index is 12.5. The molecule has 8 heteroatoms. The van der Waals surface area contributed by atoms with Gasteiger partial charge in [0.2, 0.25) is 5.91 Å². The summed E-state index contributed by atoms with van der Waals surface area (Å²) in [5.41, 5.74) is 6.03. The Bertz CT molecular complexity index is 849. The third-order valence-electron chi connectivity index (χ3n) is 3.69. The van der Waals surface area contributed by atoms with E-state index in [2.05, 4.69) is 0 Å². The van der Waals surface area contributed by atoms with Crippen molar-refractivity contribution in [1.82, 2.24) is 0 Å². The average Bonchev–Trinajstić information content (AvgIpc) is 2.71. The van der Waals surface area contributed by atoms with Crippen molar-refractivity contribution < 1.29 is 28.7 Å².